The van der Waals surface area contributed by atoms with Gasteiger partial charge >= 0.3 is 0 Å². The van der Waals surface area contributed by atoms with E-state index in [0.717, 1.165) is 10.8 Å². The number of ether oxygens (including phenoxy) is 1. The van der Waals surface area contributed by atoms with Crippen molar-refractivity contribution < 1.29 is 9.13 Å². The number of halogens is 1. The maximum Gasteiger partial charge on any atom is 0.222 e. The molecular weight excluding hydrogens is 335 g/mol. The van der Waals surface area contributed by atoms with Crippen molar-refractivity contribution in [3.05, 3.63) is 42.1 Å². The lowest BCUT2D eigenvalue weighted by Gasteiger charge is -2.16. The van der Waals surface area contributed by atoms with Crippen molar-refractivity contribution >= 4 is 22.4 Å². The Labute approximate surface area is 150 Å². The molecule has 3 N–H and O–H groups in total. The van der Waals surface area contributed by atoms with Gasteiger partial charge in [-0.25, -0.2) is 24.3 Å². The monoisotopic (exact) mass is 356 g/mol. The molecule has 0 bridgehead atoms. The summed E-state index contributed by atoms with van der Waals surface area (Å²) in [7, 11) is 1.56. The Hall–Kier alpha value is -2.87. The quantitative estimate of drug-likeness (QED) is 0.723. The van der Waals surface area contributed by atoms with Gasteiger partial charge in [0, 0.05) is 18.4 Å². The number of pyridine rings is 2. The molecule has 0 aliphatic carbocycles. The lowest BCUT2D eigenvalue weighted by molar-refractivity contribution is 0.206. The summed E-state index contributed by atoms with van der Waals surface area (Å²) in [6, 6.07) is 5.02. The van der Waals surface area contributed by atoms with Gasteiger partial charge in [0.1, 0.15) is 11.6 Å². The third-order valence-corrected chi connectivity index (χ3v) is 3.81. The minimum absolute atomic E-state index is 0.0987. The van der Waals surface area contributed by atoms with Crippen LogP contribution in [0.3, 0.4) is 0 Å². The predicted octanol–water partition coefficient (Wildman–Crippen LogP) is 3.40. The summed E-state index contributed by atoms with van der Waals surface area (Å²) in [4.78, 5) is 17.0. The fourth-order valence-corrected chi connectivity index (χ4v) is 2.59. The molecule has 7 nitrogen and oxygen atoms in total. The average molecular weight is 356 g/mol. The topological polar surface area (TPSA) is 98.8 Å². The smallest absolute Gasteiger partial charge is 0.222 e. The molecule has 3 aromatic rings. The van der Waals surface area contributed by atoms with Crippen LogP contribution in [-0.4, -0.2) is 27.0 Å². The summed E-state index contributed by atoms with van der Waals surface area (Å²) < 4.78 is 19.4. The van der Waals surface area contributed by atoms with Crippen molar-refractivity contribution in [3.63, 3.8) is 0 Å². The van der Waals surface area contributed by atoms with Crippen LogP contribution < -0.4 is 15.8 Å². The van der Waals surface area contributed by atoms with E-state index in [4.69, 9.17) is 10.5 Å². The van der Waals surface area contributed by atoms with E-state index in [-0.39, 0.29) is 11.9 Å². The van der Waals surface area contributed by atoms with E-state index in [1.54, 1.807) is 19.4 Å². The van der Waals surface area contributed by atoms with E-state index in [0.29, 0.717) is 23.2 Å². The first-order chi connectivity index (χ1) is 12.3. The van der Waals surface area contributed by atoms with Crippen LogP contribution in [0.5, 0.6) is 5.88 Å². The van der Waals surface area contributed by atoms with E-state index in [1.807, 2.05) is 19.1 Å². The zero-order valence-electron chi connectivity index (χ0n) is 15.1. The van der Waals surface area contributed by atoms with Crippen LogP contribution in [0.1, 0.15) is 38.3 Å². The molecule has 0 aromatic carbocycles. The van der Waals surface area contributed by atoms with Crippen molar-refractivity contribution in [3.8, 4) is 5.88 Å². The van der Waals surface area contributed by atoms with Gasteiger partial charge in [-0.1, -0.05) is 0 Å². The number of nitrogens with one attached hydrogen (secondary N) is 1. The van der Waals surface area contributed by atoms with Crippen molar-refractivity contribution in [2.75, 3.05) is 12.4 Å². The molecule has 0 saturated heterocycles. The van der Waals surface area contributed by atoms with E-state index in [9.17, 15) is 4.39 Å². The van der Waals surface area contributed by atoms with Gasteiger partial charge in [-0.2, -0.15) is 0 Å². The normalized spacial score (nSPS) is 12.8. The van der Waals surface area contributed by atoms with E-state index in [2.05, 4.69) is 25.3 Å². The van der Waals surface area contributed by atoms with Crippen LogP contribution in [0, 0.1) is 0 Å². The zero-order chi connectivity index (χ0) is 18.9. The van der Waals surface area contributed by atoms with Crippen LogP contribution in [0.25, 0.3) is 10.8 Å². The molecular formula is C18H21FN6O. The minimum Gasteiger partial charge on any atom is -0.480 e. The van der Waals surface area contributed by atoms with Crippen molar-refractivity contribution in [1.82, 2.24) is 19.9 Å². The van der Waals surface area contributed by atoms with E-state index < -0.39 is 5.67 Å². The summed E-state index contributed by atoms with van der Waals surface area (Å²) in [6.07, 6.45) is 3.16. The molecule has 0 aliphatic heterocycles. The second kappa shape index (κ2) is 6.80. The molecule has 136 valence electrons. The number of hydrogen-bond donors (Lipinski definition) is 2. The highest BCUT2D eigenvalue weighted by Gasteiger charge is 2.23. The Bertz CT molecular complexity index is 939. The largest absolute Gasteiger partial charge is 0.480 e. The molecule has 0 saturated carbocycles. The second-order valence-electron chi connectivity index (χ2n) is 6.46. The molecule has 0 radical (unpaired) electrons. The standard InChI is InChI=1S/C18H21FN6O/c1-10(20)15-14-11(5-7-21-16(14)26-4)9-13(24-15)23-12-6-8-22-17(25-12)18(2,3)19/h5-10H,20H2,1-4H3,(H,22,23,24,25). The molecule has 3 heterocycles. The fraction of sp³-hybridized carbons (Fsp3) is 0.333. The van der Waals surface area contributed by atoms with E-state index >= 15 is 0 Å². The van der Waals surface area contributed by atoms with Gasteiger partial charge in [0.25, 0.3) is 0 Å². The zero-order valence-corrected chi connectivity index (χ0v) is 15.1. The highest BCUT2D eigenvalue weighted by Crippen LogP contribution is 2.31. The Morgan fingerprint density at radius 3 is 2.54 bits per heavy atom. The third kappa shape index (κ3) is 3.55. The van der Waals surface area contributed by atoms with Gasteiger partial charge in [0.2, 0.25) is 5.88 Å². The molecule has 1 unspecified atom stereocenters. The van der Waals surface area contributed by atoms with Crippen LogP contribution in [0.15, 0.2) is 30.6 Å². The number of aromatic nitrogens is 4. The first-order valence-electron chi connectivity index (χ1n) is 8.18. The minimum atomic E-state index is -1.63. The maximum absolute atomic E-state index is 14.1. The van der Waals surface area contributed by atoms with Gasteiger partial charge in [-0.3, -0.25) is 0 Å². The van der Waals surface area contributed by atoms with Gasteiger partial charge in [0.15, 0.2) is 11.5 Å². The van der Waals surface area contributed by atoms with Gasteiger partial charge < -0.3 is 15.8 Å². The summed E-state index contributed by atoms with van der Waals surface area (Å²) >= 11 is 0. The molecule has 0 amide bonds. The van der Waals surface area contributed by atoms with Crippen LogP contribution in [-0.2, 0) is 5.67 Å². The Morgan fingerprint density at radius 2 is 1.88 bits per heavy atom. The Balaban J connectivity index is 2.07. The molecule has 3 aromatic heterocycles. The van der Waals surface area contributed by atoms with Crippen LogP contribution >= 0.6 is 0 Å². The molecule has 26 heavy (non-hydrogen) atoms. The third-order valence-electron chi connectivity index (χ3n) is 3.81. The number of methoxy groups -OCH3 is 1. The van der Waals surface area contributed by atoms with Crippen molar-refractivity contribution in [2.45, 2.75) is 32.5 Å². The van der Waals surface area contributed by atoms with Crippen molar-refractivity contribution in [2.24, 2.45) is 5.73 Å². The SMILES string of the molecule is COc1nccc2cc(Nc3ccnc(C(C)(C)F)n3)nc(C(C)N)c12. The molecule has 8 heteroatoms. The first kappa shape index (κ1) is 17.9. The molecule has 0 fully saturated rings. The average Bonchev–Trinajstić information content (AvgIpc) is 2.59. The number of fused-ring (bicyclic) bond motifs is 1. The highest BCUT2D eigenvalue weighted by molar-refractivity contribution is 5.91. The number of hydrogen-bond acceptors (Lipinski definition) is 7. The fourth-order valence-electron chi connectivity index (χ4n) is 2.59. The van der Waals surface area contributed by atoms with Gasteiger partial charge in [0.05, 0.1) is 18.2 Å². The Morgan fingerprint density at radius 1 is 1.15 bits per heavy atom. The summed E-state index contributed by atoms with van der Waals surface area (Å²) in [5.74, 6) is 1.56. The van der Waals surface area contributed by atoms with Gasteiger partial charge in [-0.15, -0.1) is 0 Å². The summed E-state index contributed by atoms with van der Waals surface area (Å²) in [6.45, 7) is 4.66. The highest BCUT2D eigenvalue weighted by atomic mass is 19.1. The lowest BCUT2D eigenvalue weighted by atomic mass is 10.1. The van der Waals surface area contributed by atoms with Crippen LogP contribution in [0.4, 0.5) is 16.0 Å². The maximum atomic E-state index is 14.1. The van der Waals surface area contributed by atoms with Crippen LogP contribution in [0.2, 0.25) is 0 Å². The number of nitrogens with two attached hydrogens (primary N) is 1. The first-order valence-corrected chi connectivity index (χ1v) is 8.18. The van der Waals surface area contributed by atoms with E-state index in [1.165, 1.54) is 20.0 Å². The Kier molecular flexibility index (Phi) is 4.69. The molecule has 0 aliphatic rings. The molecule has 0 spiro atoms. The molecule has 3 rings (SSSR count). The number of nitrogens with zero attached hydrogens (tertiary/aromatic N) is 4. The predicted molar refractivity (Wildman–Crippen MR) is 98.1 cm³/mol. The van der Waals surface area contributed by atoms with Crippen molar-refractivity contribution in [1.29, 1.82) is 0 Å². The lowest BCUT2D eigenvalue weighted by Crippen LogP contribution is -2.15. The summed E-state index contributed by atoms with van der Waals surface area (Å²) in [5.41, 5.74) is 5.11. The number of rotatable bonds is 5. The molecule has 1 atom stereocenters. The van der Waals surface area contributed by atoms with Gasteiger partial charge in [-0.05, 0) is 44.4 Å². The summed E-state index contributed by atoms with van der Waals surface area (Å²) in [5, 5.41) is 4.74. The number of anilines is 2. The number of alkyl halides is 1. The second-order valence-corrected chi connectivity index (χ2v) is 6.46.